The summed E-state index contributed by atoms with van der Waals surface area (Å²) in [5, 5.41) is 0. The summed E-state index contributed by atoms with van der Waals surface area (Å²) >= 11 is 6.80. The Morgan fingerprint density at radius 3 is 1.53 bits per heavy atom. The van der Waals surface area contributed by atoms with Crippen molar-refractivity contribution >= 4 is 41.7 Å². The van der Waals surface area contributed by atoms with Crippen LogP contribution < -0.4 is 0 Å². The van der Waals surface area contributed by atoms with Crippen LogP contribution in [-0.2, 0) is 0 Å². The zero-order valence-electron chi connectivity index (χ0n) is 9.05. The molecule has 0 aliphatic carbocycles. The van der Waals surface area contributed by atoms with Gasteiger partial charge in [-0.05, 0) is 11.1 Å². The summed E-state index contributed by atoms with van der Waals surface area (Å²) in [6, 6.07) is 20.3. The Hall–Kier alpha value is -0.865. The summed E-state index contributed by atoms with van der Waals surface area (Å²) in [5.41, 5.74) is 3.20. The molecule has 0 amide bonds. The number of hydrogen-bond donors (Lipinski definition) is 0. The summed E-state index contributed by atoms with van der Waals surface area (Å²) in [6.07, 6.45) is 0. The minimum atomic E-state index is -0.0783. The van der Waals surface area contributed by atoms with Crippen molar-refractivity contribution in [1.82, 2.24) is 0 Å². The van der Waals surface area contributed by atoms with Crippen LogP contribution in [0.15, 0.2) is 65.6 Å². The van der Waals surface area contributed by atoms with E-state index in [0.29, 0.717) is 0 Å². The van der Waals surface area contributed by atoms with Crippen molar-refractivity contribution in [2.45, 2.75) is 0 Å². The SMILES string of the molecule is BrB(Br)N=C(c1ccccc1)c1ccccc1. The average molecular weight is 351 g/mol. The molecule has 0 atom stereocenters. The molecule has 2 aromatic rings. The first-order valence-electron chi connectivity index (χ1n) is 5.24. The minimum absolute atomic E-state index is 0.0783. The molecule has 2 rings (SSSR count). The maximum Gasteiger partial charge on any atom is 0.429 e. The average Bonchev–Trinajstić information content (AvgIpc) is 2.38. The second kappa shape index (κ2) is 6.17. The lowest BCUT2D eigenvalue weighted by Crippen LogP contribution is -2.06. The summed E-state index contributed by atoms with van der Waals surface area (Å²) < 4.78 is -0.0783. The monoisotopic (exact) mass is 349 g/mol. The molecular formula is C13H10BBr2N. The van der Waals surface area contributed by atoms with Gasteiger partial charge in [0.15, 0.2) is 0 Å². The molecule has 17 heavy (non-hydrogen) atoms. The first kappa shape index (κ1) is 12.6. The van der Waals surface area contributed by atoms with Gasteiger partial charge in [-0.3, -0.25) is 0 Å². The molecule has 0 saturated carbocycles. The maximum atomic E-state index is 4.57. The lowest BCUT2D eigenvalue weighted by atomic mass is 10.0. The highest BCUT2D eigenvalue weighted by atomic mass is 79.9. The van der Waals surface area contributed by atoms with Gasteiger partial charge in [-0.25, -0.2) is 0 Å². The lowest BCUT2D eigenvalue weighted by molar-refractivity contribution is 1.57. The molecule has 84 valence electrons. The van der Waals surface area contributed by atoms with Crippen molar-refractivity contribution in [3.63, 3.8) is 0 Å². The third-order valence-corrected chi connectivity index (χ3v) is 2.73. The Bertz CT molecular complexity index is 456. The molecule has 0 heterocycles. The van der Waals surface area contributed by atoms with Gasteiger partial charge in [0, 0.05) is 0 Å². The lowest BCUT2D eigenvalue weighted by Gasteiger charge is -2.07. The molecule has 2 aromatic carbocycles. The summed E-state index contributed by atoms with van der Waals surface area (Å²) in [7, 11) is 0. The van der Waals surface area contributed by atoms with E-state index in [1.165, 1.54) is 0 Å². The van der Waals surface area contributed by atoms with E-state index in [0.717, 1.165) is 16.8 Å². The topological polar surface area (TPSA) is 12.4 Å². The minimum Gasteiger partial charge on any atom is -0.313 e. The highest BCUT2D eigenvalue weighted by Crippen LogP contribution is 2.14. The number of halogens is 2. The molecule has 0 aliphatic heterocycles. The van der Waals surface area contributed by atoms with E-state index in [9.17, 15) is 0 Å². The Morgan fingerprint density at radius 1 is 0.765 bits per heavy atom. The van der Waals surface area contributed by atoms with Crippen LogP contribution in [-0.4, -0.2) is 10.2 Å². The highest BCUT2D eigenvalue weighted by molar-refractivity contribution is 9.49. The third-order valence-electron chi connectivity index (χ3n) is 2.32. The van der Waals surface area contributed by atoms with Crippen LogP contribution in [0.4, 0.5) is 0 Å². The smallest absolute Gasteiger partial charge is 0.313 e. The van der Waals surface area contributed by atoms with Crippen LogP contribution in [0.2, 0.25) is 0 Å². The van der Waals surface area contributed by atoms with Crippen molar-refractivity contribution in [1.29, 1.82) is 0 Å². The van der Waals surface area contributed by atoms with E-state index >= 15 is 0 Å². The van der Waals surface area contributed by atoms with E-state index in [1.807, 2.05) is 36.4 Å². The third kappa shape index (κ3) is 3.55. The number of nitrogens with zero attached hydrogens (tertiary/aromatic N) is 1. The number of hydrogen-bond acceptors (Lipinski definition) is 1. The van der Waals surface area contributed by atoms with Crippen LogP contribution in [0.5, 0.6) is 0 Å². The predicted octanol–water partition coefficient (Wildman–Crippen LogP) is 4.30. The first-order chi connectivity index (χ1) is 8.27. The maximum absolute atomic E-state index is 4.57. The van der Waals surface area contributed by atoms with Crippen LogP contribution in [0.3, 0.4) is 0 Å². The highest BCUT2D eigenvalue weighted by Gasteiger charge is 2.09. The van der Waals surface area contributed by atoms with Gasteiger partial charge in [0.25, 0.3) is 0 Å². The van der Waals surface area contributed by atoms with Crippen molar-refractivity contribution in [3.8, 4) is 0 Å². The Kier molecular flexibility index (Phi) is 4.57. The van der Waals surface area contributed by atoms with Crippen molar-refractivity contribution in [2.75, 3.05) is 0 Å². The van der Waals surface area contributed by atoms with Gasteiger partial charge in [-0.1, -0.05) is 60.7 Å². The number of benzene rings is 2. The predicted molar refractivity (Wildman–Crippen MR) is 82.1 cm³/mol. The van der Waals surface area contributed by atoms with Crippen molar-refractivity contribution in [2.24, 2.45) is 4.90 Å². The van der Waals surface area contributed by atoms with E-state index in [2.05, 4.69) is 60.7 Å². The summed E-state index contributed by atoms with van der Waals surface area (Å²) in [4.78, 5) is 4.57. The molecule has 0 aliphatic rings. The molecule has 0 saturated heterocycles. The van der Waals surface area contributed by atoms with Crippen molar-refractivity contribution < 1.29 is 0 Å². The molecule has 0 N–H and O–H groups in total. The van der Waals surface area contributed by atoms with Gasteiger partial charge in [0.2, 0.25) is 0 Å². The van der Waals surface area contributed by atoms with Crippen LogP contribution in [0, 0.1) is 0 Å². The zero-order chi connectivity index (χ0) is 12.1. The van der Waals surface area contributed by atoms with Gasteiger partial charge in [0.05, 0.1) is 5.71 Å². The molecule has 1 nitrogen and oxygen atoms in total. The quantitative estimate of drug-likeness (QED) is 0.578. The molecule has 4 heteroatoms. The van der Waals surface area contributed by atoms with Crippen LogP contribution in [0.25, 0.3) is 0 Å². The van der Waals surface area contributed by atoms with Gasteiger partial charge < -0.3 is 4.90 Å². The Labute approximate surface area is 118 Å². The largest absolute Gasteiger partial charge is 0.429 e. The normalized spacial score (nSPS) is 9.76. The van der Waals surface area contributed by atoms with E-state index in [4.69, 9.17) is 0 Å². The molecule has 0 fully saturated rings. The van der Waals surface area contributed by atoms with Crippen molar-refractivity contribution in [3.05, 3.63) is 71.8 Å². The molecular weight excluding hydrogens is 341 g/mol. The standard InChI is InChI=1S/C13H10BBr2N/c15-14(16)17-13(11-7-3-1-4-8-11)12-9-5-2-6-10-12/h1-10H. The molecule has 0 radical (unpaired) electrons. The van der Waals surface area contributed by atoms with E-state index < -0.39 is 0 Å². The molecule has 0 unspecified atom stereocenters. The Morgan fingerprint density at radius 2 is 1.18 bits per heavy atom. The van der Waals surface area contributed by atoms with Crippen LogP contribution >= 0.6 is 31.5 Å². The van der Waals surface area contributed by atoms with Gasteiger partial charge in [0.1, 0.15) is 0 Å². The van der Waals surface area contributed by atoms with Gasteiger partial charge in [-0.2, -0.15) is 0 Å². The fourth-order valence-corrected chi connectivity index (χ4v) is 2.01. The van der Waals surface area contributed by atoms with E-state index in [-0.39, 0.29) is 4.50 Å². The molecule has 0 bridgehead atoms. The second-order valence-electron chi connectivity index (χ2n) is 3.49. The second-order valence-corrected chi connectivity index (χ2v) is 6.45. The number of rotatable bonds is 3. The van der Waals surface area contributed by atoms with Crippen LogP contribution in [0.1, 0.15) is 11.1 Å². The molecule has 0 spiro atoms. The van der Waals surface area contributed by atoms with Gasteiger partial charge in [-0.15, -0.1) is 31.5 Å². The fourth-order valence-electron chi connectivity index (χ4n) is 1.61. The summed E-state index contributed by atoms with van der Waals surface area (Å²) in [5.74, 6) is 0. The van der Waals surface area contributed by atoms with E-state index in [1.54, 1.807) is 0 Å². The zero-order valence-corrected chi connectivity index (χ0v) is 12.2. The first-order valence-corrected chi connectivity index (χ1v) is 7.07. The molecule has 0 aromatic heterocycles. The summed E-state index contributed by atoms with van der Waals surface area (Å²) in [6.45, 7) is 0. The Balaban J connectivity index is 2.47. The fraction of sp³-hybridized carbons (Fsp3) is 0. The van der Waals surface area contributed by atoms with Gasteiger partial charge >= 0.3 is 4.50 Å².